The van der Waals surface area contributed by atoms with Gasteiger partial charge in [0.2, 0.25) is 11.1 Å². The van der Waals surface area contributed by atoms with E-state index >= 15 is 0 Å². The third-order valence-electron chi connectivity index (χ3n) is 3.70. The molecule has 0 fully saturated rings. The largest absolute Gasteiger partial charge is 0.416 e. The first-order valence-electron chi connectivity index (χ1n) is 8.06. The molecular formula is C18H14F4N4OS. The van der Waals surface area contributed by atoms with Crippen LogP contribution in [-0.2, 0) is 11.0 Å². The highest BCUT2D eigenvalue weighted by molar-refractivity contribution is 8.00. The number of thioether (sulfide) groups is 1. The maximum atomic E-state index is 13.8. The van der Waals surface area contributed by atoms with Crippen LogP contribution in [0.1, 0.15) is 12.5 Å². The number of hydrogen-bond acceptors (Lipinski definition) is 4. The number of nitrogens with zero attached hydrogens (tertiary/aromatic N) is 2. The number of benzene rings is 2. The second-order valence-corrected chi connectivity index (χ2v) is 7.08. The van der Waals surface area contributed by atoms with Crippen molar-refractivity contribution in [1.29, 1.82) is 0 Å². The lowest BCUT2D eigenvalue weighted by atomic mass is 10.2. The Hall–Kier alpha value is -2.88. The van der Waals surface area contributed by atoms with Crippen LogP contribution in [0.4, 0.5) is 23.2 Å². The summed E-state index contributed by atoms with van der Waals surface area (Å²) in [5.74, 6) is -0.766. The Labute approximate surface area is 161 Å². The van der Waals surface area contributed by atoms with Gasteiger partial charge in [-0.05, 0) is 37.3 Å². The van der Waals surface area contributed by atoms with Gasteiger partial charge in [0.15, 0.2) is 5.82 Å². The molecule has 10 heteroatoms. The molecule has 5 nitrogen and oxygen atoms in total. The summed E-state index contributed by atoms with van der Waals surface area (Å²) in [6, 6.07) is 10.4. The Bertz CT molecular complexity index is 989. The number of aromatic amines is 1. The molecule has 1 atom stereocenters. The number of hydrogen-bond donors (Lipinski definition) is 2. The Kier molecular flexibility index (Phi) is 5.68. The number of halogens is 4. The molecule has 0 radical (unpaired) electrons. The van der Waals surface area contributed by atoms with Crippen molar-refractivity contribution in [2.24, 2.45) is 0 Å². The van der Waals surface area contributed by atoms with E-state index in [1.54, 1.807) is 19.1 Å². The second kappa shape index (κ2) is 8.01. The predicted molar refractivity (Wildman–Crippen MR) is 97.2 cm³/mol. The first kappa shape index (κ1) is 19.9. The second-order valence-electron chi connectivity index (χ2n) is 5.77. The number of alkyl halides is 3. The molecule has 3 rings (SSSR count). The molecule has 0 saturated heterocycles. The summed E-state index contributed by atoms with van der Waals surface area (Å²) >= 11 is 0.992. The van der Waals surface area contributed by atoms with E-state index in [1.165, 1.54) is 24.3 Å². The molecule has 3 aromatic rings. The summed E-state index contributed by atoms with van der Waals surface area (Å²) in [4.78, 5) is 16.4. The van der Waals surface area contributed by atoms with Gasteiger partial charge in [-0.25, -0.2) is 9.37 Å². The summed E-state index contributed by atoms with van der Waals surface area (Å²) in [5, 5.41) is 8.50. The number of rotatable bonds is 5. The zero-order valence-electron chi connectivity index (χ0n) is 14.4. The van der Waals surface area contributed by atoms with Gasteiger partial charge in [0.05, 0.1) is 16.4 Å². The SMILES string of the molecule is C[C@H](Sc1n[nH]c(-c2ccccc2F)n1)C(=O)Nc1cccc(C(F)(F)F)c1. The minimum atomic E-state index is -4.50. The van der Waals surface area contributed by atoms with Gasteiger partial charge in [0, 0.05) is 5.69 Å². The fourth-order valence-electron chi connectivity index (χ4n) is 2.30. The lowest BCUT2D eigenvalue weighted by Crippen LogP contribution is -2.22. The van der Waals surface area contributed by atoms with Crippen LogP contribution >= 0.6 is 11.8 Å². The molecule has 2 N–H and O–H groups in total. The number of carbonyl (C=O) groups excluding carboxylic acids is 1. The van der Waals surface area contributed by atoms with Crippen LogP contribution in [0.3, 0.4) is 0 Å². The van der Waals surface area contributed by atoms with E-state index in [0.29, 0.717) is 0 Å². The quantitative estimate of drug-likeness (QED) is 0.471. The topological polar surface area (TPSA) is 70.7 Å². The van der Waals surface area contributed by atoms with Crippen LogP contribution in [0.25, 0.3) is 11.4 Å². The Morgan fingerprint density at radius 1 is 1.18 bits per heavy atom. The Balaban J connectivity index is 1.66. The fraction of sp³-hybridized carbons (Fsp3) is 0.167. The van der Waals surface area contributed by atoms with Crippen molar-refractivity contribution in [2.75, 3.05) is 5.32 Å². The van der Waals surface area contributed by atoms with Crippen LogP contribution in [0.5, 0.6) is 0 Å². The summed E-state index contributed by atoms with van der Waals surface area (Å²) < 4.78 is 52.1. The first-order valence-corrected chi connectivity index (χ1v) is 8.94. The number of aromatic nitrogens is 3. The van der Waals surface area contributed by atoms with Crippen LogP contribution in [0, 0.1) is 5.82 Å². The molecule has 0 aliphatic carbocycles. The third-order valence-corrected chi connectivity index (χ3v) is 4.66. The minimum absolute atomic E-state index is 0.0364. The smallest absolute Gasteiger partial charge is 0.325 e. The van der Waals surface area contributed by atoms with Crippen molar-refractivity contribution >= 4 is 23.4 Å². The van der Waals surface area contributed by atoms with Gasteiger partial charge >= 0.3 is 6.18 Å². The van der Waals surface area contributed by atoms with Gasteiger partial charge in [-0.1, -0.05) is 30.0 Å². The zero-order chi connectivity index (χ0) is 20.3. The summed E-state index contributed by atoms with van der Waals surface area (Å²) in [6.07, 6.45) is -4.50. The number of nitrogens with one attached hydrogen (secondary N) is 2. The highest BCUT2D eigenvalue weighted by atomic mass is 32.2. The van der Waals surface area contributed by atoms with Gasteiger partial charge < -0.3 is 5.32 Å². The van der Waals surface area contributed by atoms with Crippen molar-refractivity contribution in [3.05, 3.63) is 59.9 Å². The molecule has 28 heavy (non-hydrogen) atoms. The van der Waals surface area contributed by atoms with Crippen LogP contribution in [0.2, 0.25) is 0 Å². The van der Waals surface area contributed by atoms with Gasteiger partial charge in [0.25, 0.3) is 0 Å². The predicted octanol–water partition coefficient (Wildman–Crippen LogP) is 4.75. The molecule has 0 saturated carbocycles. The van der Waals surface area contributed by atoms with E-state index in [4.69, 9.17) is 0 Å². The van der Waals surface area contributed by atoms with Crippen molar-refractivity contribution in [3.63, 3.8) is 0 Å². The third kappa shape index (κ3) is 4.69. The van der Waals surface area contributed by atoms with E-state index in [-0.39, 0.29) is 22.2 Å². The maximum absolute atomic E-state index is 13.8. The molecule has 146 valence electrons. The highest BCUT2D eigenvalue weighted by Crippen LogP contribution is 2.31. The number of carbonyl (C=O) groups is 1. The zero-order valence-corrected chi connectivity index (χ0v) is 15.2. The van der Waals surface area contributed by atoms with E-state index in [0.717, 1.165) is 23.9 Å². The standard InChI is InChI=1S/C18H14F4N4OS/c1-10(16(27)23-12-6-4-5-11(9-12)18(20,21)22)28-17-24-15(25-26-17)13-7-2-3-8-14(13)19/h2-10H,1H3,(H,23,27)(H,24,25,26)/t10-/m0/s1. The first-order chi connectivity index (χ1) is 13.2. The molecule has 0 spiro atoms. The Morgan fingerprint density at radius 2 is 1.93 bits per heavy atom. The number of H-pyrrole nitrogens is 1. The monoisotopic (exact) mass is 410 g/mol. The lowest BCUT2D eigenvalue weighted by molar-refractivity contribution is -0.137. The average Bonchev–Trinajstić information content (AvgIpc) is 3.09. The molecule has 0 aliphatic heterocycles. The van der Waals surface area contributed by atoms with Crippen LogP contribution in [-0.4, -0.2) is 26.3 Å². The summed E-state index contributed by atoms with van der Waals surface area (Å²) in [5.41, 5.74) is -0.577. The molecule has 1 amide bonds. The van der Waals surface area contributed by atoms with Gasteiger partial charge in [-0.3, -0.25) is 9.89 Å². The van der Waals surface area contributed by atoms with Crippen molar-refractivity contribution in [3.8, 4) is 11.4 Å². The summed E-state index contributed by atoms with van der Waals surface area (Å²) in [6.45, 7) is 1.56. The maximum Gasteiger partial charge on any atom is 0.416 e. The molecule has 0 aliphatic rings. The van der Waals surface area contributed by atoms with E-state index in [1.807, 2.05) is 0 Å². The lowest BCUT2D eigenvalue weighted by Gasteiger charge is -2.12. The van der Waals surface area contributed by atoms with Gasteiger partial charge in [-0.15, -0.1) is 5.10 Å². The molecule has 1 aromatic heterocycles. The number of anilines is 1. The highest BCUT2D eigenvalue weighted by Gasteiger charge is 2.30. The van der Waals surface area contributed by atoms with Crippen molar-refractivity contribution in [1.82, 2.24) is 15.2 Å². The number of amides is 1. The van der Waals surface area contributed by atoms with Gasteiger partial charge in [-0.2, -0.15) is 13.2 Å². The Morgan fingerprint density at radius 3 is 2.64 bits per heavy atom. The fourth-order valence-corrected chi connectivity index (χ4v) is 3.03. The van der Waals surface area contributed by atoms with Gasteiger partial charge in [0.1, 0.15) is 5.82 Å². The average molecular weight is 410 g/mol. The van der Waals surface area contributed by atoms with E-state index in [9.17, 15) is 22.4 Å². The van der Waals surface area contributed by atoms with Crippen LogP contribution in [0.15, 0.2) is 53.7 Å². The molecular weight excluding hydrogens is 396 g/mol. The van der Waals surface area contributed by atoms with E-state index < -0.39 is 28.7 Å². The van der Waals surface area contributed by atoms with E-state index in [2.05, 4.69) is 20.5 Å². The normalized spacial score (nSPS) is 12.6. The van der Waals surface area contributed by atoms with Crippen molar-refractivity contribution < 1.29 is 22.4 Å². The minimum Gasteiger partial charge on any atom is -0.325 e. The summed E-state index contributed by atoms with van der Waals surface area (Å²) in [7, 11) is 0. The molecule has 1 heterocycles. The van der Waals surface area contributed by atoms with Crippen LogP contribution < -0.4 is 5.32 Å². The molecule has 2 aromatic carbocycles. The molecule has 0 unspecified atom stereocenters. The molecule has 0 bridgehead atoms. The van der Waals surface area contributed by atoms with Crippen molar-refractivity contribution in [2.45, 2.75) is 23.5 Å².